The lowest BCUT2D eigenvalue weighted by molar-refractivity contribution is 0.322. The van der Waals surface area contributed by atoms with Crippen LogP contribution in [0.5, 0.6) is 0 Å². The highest BCUT2D eigenvalue weighted by atomic mass is 32.2. The average Bonchev–Trinajstić information content (AvgIpc) is 1.90. The van der Waals surface area contributed by atoms with Crippen LogP contribution in [-0.4, -0.2) is 29.0 Å². The first-order valence-corrected chi connectivity index (χ1v) is 3.52. The predicted molar refractivity (Wildman–Crippen MR) is 35.0 cm³/mol. The molecule has 5 heteroatoms. The molecule has 0 saturated carbocycles. The molecule has 1 heterocycles. The predicted octanol–water partition coefficient (Wildman–Crippen LogP) is -0.346. The van der Waals surface area contributed by atoms with Crippen molar-refractivity contribution in [3.8, 4) is 0 Å². The molecule has 0 fully saturated rings. The number of ether oxygens (including phenoxy) is 1. The largest absolute Gasteiger partial charge is 0.465 e. The molecule has 1 N–H and O–H groups in total. The van der Waals surface area contributed by atoms with Gasteiger partial charge in [0.05, 0.1) is 13.2 Å². The van der Waals surface area contributed by atoms with Crippen LogP contribution < -0.4 is 0 Å². The molecule has 0 bridgehead atoms. The summed E-state index contributed by atoms with van der Waals surface area (Å²) < 4.78 is 23.4. The minimum atomic E-state index is -2.01. The molecule has 4 nitrogen and oxygen atoms in total. The summed E-state index contributed by atoms with van der Waals surface area (Å²) in [7, 11) is -2.01. The molecule has 0 atom stereocenters. The van der Waals surface area contributed by atoms with E-state index < -0.39 is 10.7 Å². The Morgan fingerprint density at radius 1 is 1.89 bits per heavy atom. The van der Waals surface area contributed by atoms with E-state index in [-0.39, 0.29) is 5.05 Å². The van der Waals surface area contributed by atoms with Gasteiger partial charge in [-0.3, -0.25) is 4.99 Å². The SMILES string of the molecule is O=[S-](O)=C1C=NCCO1. The molecule has 0 aromatic rings. The van der Waals surface area contributed by atoms with Gasteiger partial charge in [-0.15, -0.1) is 10.7 Å². The van der Waals surface area contributed by atoms with Gasteiger partial charge in [0, 0.05) is 11.3 Å². The lowest BCUT2D eigenvalue weighted by atomic mass is 10.6. The molecule has 0 aliphatic carbocycles. The molecule has 0 aromatic heterocycles. The van der Waals surface area contributed by atoms with Crippen molar-refractivity contribution >= 4 is 21.9 Å². The van der Waals surface area contributed by atoms with Crippen molar-refractivity contribution in [2.24, 2.45) is 4.99 Å². The summed E-state index contributed by atoms with van der Waals surface area (Å²) in [5, 5.41) is 0.0428. The minimum Gasteiger partial charge on any atom is -0.465 e. The second kappa shape index (κ2) is 2.95. The maximum Gasteiger partial charge on any atom is 0.0701 e. The third kappa shape index (κ3) is 1.78. The Kier molecular flexibility index (Phi) is 2.21. The van der Waals surface area contributed by atoms with E-state index in [0.29, 0.717) is 13.2 Å². The Hall–Kier alpha value is -0.390. The zero-order valence-electron chi connectivity index (χ0n) is 4.61. The molecule has 0 saturated heterocycles. The van der Waals surface area contributed by atoms with E-state index in [1.807, 2.05) is 0 Å². The van der Waals surface area contributed by atoms with Crippen LogP contribution in [0.25, 0.3) is 0 Å². The minimum absolute atomic E-state index is 0.0428. The third-order valence-electron chi connectivity index (χ3n) is 0.834. The smallest absolute Gasteiger partial charge is 0.0701 e. The van der Waals surface area contributed by atoms with Gasteiger partial charge in [0.25, 0.3) is 0 Å². The fraction of sp³-hybridized carbons (Fsp3) is 0.500. The Bertz CT molecular complexity index is 204. The highest BCUT2D eigenvalue weighted by Gasteiger charge is 1.93. The quantitative estimate of drug-likeness (QED) is 0.290. The molecular weight excluding hydrogens is 142 g/mol. The van der Waals surface area contributed by atoms with Crippen LogP contribution in [0.4, 0.5) is 0 Å². The van der Waals surface area contributed by atoms with Gasteiger partial charge in [-0.05, 0) is 0 Å². The molecule has 1 aliphatic heterocycles. The topological polar surface area (TPSA) is 58.9 Å². The molecule has 0 radical (unpaired) electrons. The summed E-state index contributed by atoms with van der Waals surface area (Å²) in [6.45, 7) is 0.971. The normalized spacial score (nSPS) is 26.1. The standard InChI is InChI=1S/C4H6NO3S/c6-9(7)4-3-5-1-2-8-4/h3H,1-2H2,(H,6,7)/q-1. The molecule has 1 aliphatic rings. The number of hydrogen-bond acceptors (Lipinski definition) is 4. The van der Waals surface area contributed by atoms with E-state index in [2.05, 4.69) is 4.99 Å². The van der Waals surface area contributed by atoms with Crippen LogP contribution in [-0.2, 0) is 19.6 Å². The summed E-state index contributed by atoms with van der Waals surface area (Å²) in [4.78, 5) is 3.74. The van der Waals surface area contributed by atoms with Crippen molar-refractivity contribution in [2.45, 2.75) is 0 Å². The van der Waals surface area contributed by atoms with Crippen molar-refractivity contribution in [1.82, 2.24) is 0 Å². The Morgan fingerprint density at radius 2 is 2.67 bits per heavy atom. The van der Waals surface area contributed by atoms with E-state index in [1.54, 1.807) is 0 Å². The van der Waals surface area contributed by atoms with Crippen LogP contribution in [0.15, 0.2) is 4.99 Å². The van der Waals surface area contributed by atoms with Crippen molar-refractivity contribution < 1.29 is 13.5 Å². The average molecular weight is 148 g/mol. The maximum atomic E-state index is 10.2. The molecule has 0 amide bonds. The molecule has 0 unspecified atom stereocenters. The first-order valence-electron chi connectivity index (χ1n) is 2.41. The molecule has 0 spiro atoms. The second-order valence-corrected chi connectivity index (χ2v) is 2.35. The van der Waals surface area contributed by atoms with E-state index in [0.717, 1.165) is 0 Å². The van der Waals surface area contributed by atoms with Crippen LogP contribution >= 0.6 is 0 Å². The fourth-order valence-corrected chi connectivity index (χ4v) is 0.820. The van der Waals surface area contributed by atoms with E-state index >= 15 is 0 Å². The lowest BCUT2D eigenvalue weighted by Crippen LogP contribution is -2.17. The first-order chi connectivity index (χ1) is 4.30. The van der Waals surface area contributed by atoms with Crippen LogP contribution in [0.1, 0.15) is 0 Å². The van der Waals surface area contributed by atoms with Gasteiger partial charge in [0.1, 0.15) is 0 Å². The molecule has 0 aromatic carbocycles. The van der Waals surface area contributed by atoms with Crippen molar-refractivity contribution in [3.63, 3.8) is 0 Å². The Morgan fingerprint density at radius 3 is 3.00 bits per heavy atom. The second-order valence-electron chi connectivity index (χ2n) is 1.45. The Balaban J connectivity index is 2.83. The van der Waals surface area contributed by atoms with Crippen molar-refractivity contribution in [2.75, 3.05) is 13.2 Å². The van der Waals surface area contributed by atoms with Gasteiger partial charge in [0.2, 0.25) is 0 Å². The number of hydrogen-bond donors (Lipinski definition) is 1. The summed E-state index contributed by atoms with van der Waals surface area (Å²) >= 11 is 0. The number of aliphatic imine (C=N–C) groups is 1. The van der Waals surface area contributed by atoms with Crippen molar-refractivity contribution in [3.05, 3.63) is 0 Å². The maximum absolute atomic E-state index is 10.2. The van der Waals surface area contributed by atoms with Gasteiger partial charge in [-0.2, -0.15) is 0 Å². The van der Waals surface area contributed by atoms with Crippen LogP contribution in [0, 0.1) is 0 Å². The number of nitrogens with zero attached hydrogens (tertiary/aromatic N) is 1. The monoisotopic (exact) mass is 148 g/mol. The zero-order valence-corrected chi connectivity index (χ0v) is 5.43. The molecule has 1 rings (SSSR count). The highest BCUT2D eigenvalue weighted by molar-refractivity contribution is 7.80. The van der Waals surface area contributed by atoms with E-state index in [4.69, 9.17) is 9.29 Å². The number of rotatable bonds is 0. The summed E-state index contributed by atoms with van der Waals surface area (Å²) in [5.41, 5.74) is 0. The van der Waals surface area contributed by atoms with Crippen LogP contribution in [0.2, 0.25) is 0 Å². The van der Waals surface area contributed by atoms with E-state index in [1.165, 1.54) is 6.21 Å². The zero-order chi connectivity index (χ0) is 6.69. The van der Waals surface area contributed by atoms with Gasteiger partial charge in [0.15, 0.2) is 0 Å². The molecule has 52 valence electrons. The molecule has 9 heavy (non-hydrogen) atoms. The third-order valence-corrected chi connectivity index (χ3v) is 1.40. The van der Waals surface area contributed by atoms with E-state index in [9.17, 15) is 4.21 Å². The fourth-order valence-electron chi connectivity index (χ4n) is 0.471. The van der Waals surface area contributed by atoms with Crippen LogP contribution in [0.3, 0.4) is 0 Å². The van der Waals surface area contributed by atoms with Gasteiger partial charge >= 0.3 is 0 Å². The van der Waals surface area contributed by atoms with Gasteiger partial charge in [-0.25, -0.2) is 0 Å². The molecular formula is C4H6NO3S-. The highest BCUT2D eigenvalue weighted by Crippen LogP contribution is 1.86. The Labute approximate surface area is 54.4 Å². The lowest BCUT2D eigenvalue weighted by Gasteiger charge is -2.11. The van der Waals surface area contributed by atoms with Crippen molar-refractivity contribution in [1.29, 1.82) is 0 Å². The van der Waals surface area contributed by atoms with Gasteiger partial charge in [-0.1, -0.05) is 0 Å². The van der Waals surface area contributed by atoms with Gasteiger partial charge < -0.3 is 13.5 Å². The first kappa shape index (κ1) is 6.73. The summed E-state index contributed by atoms with van der Waals surface area (Å²) in [5.74, 6) is 0. The summed E-state index contributed by atoms with van der Waals surface area (Å²) in [6, 6.07) is 0. The summed E-state index contributed by atoms with van der Waals surface area (Å²) in [6.07, 6.45) is 1.28.